The number of nitrogens with zero attached hydrogens (tertiary/aromatic N) is 2. The van der Waals surface area contributed by atoms with Crippen LogP contribution in [0.2, 0.25) is 0 Å². The Labute approximate surface area is 88.7 Å². The third kappa shape index (κ3) is 1.93. The molecule has 1 aliphatic heterocycles. The second kappa shape index (κ2) is 3.88. The molecule has 0 bridgehead atoms. The van der Waals surface area contributed by atoms with Gasteiger partial charge >= 0.3 is 0 Å². The van der Waals surface area contributed by atoms with Gasteiger partial charge in [-0.1, -0.05) is 6.07 Å². The molecule has 0 aliphatic carbocycles. The molecule has 1 saturated heterocycles. The van der Waals surface area contributed by atoms with E-state index in [1.54, 1.807) is 12.1 Å². The van der Waals surface area contributed by atoms with Crippen molar-refractivity contribution in [1.29, 1.82) is 0 Å². The lowest BCUT2D eigenvalue weighted by Crippen LogP contribution is -2.18. The Morgan fingerprint density at radius 3 is 2.60 bits per heavy atom. The van der Waals surface area contributed by atoms with Gasteiger partial charge in [-0.3, -0.25) is 10.1 Å². The van der Waals surface area contributed by atoms with E-state index in [0.717, 1.165) is 37.2 Å². The lowest BCUT2D eigenvalue weighted by atomic mass is 10.2. The number of rotatable bonds is 2. The Balaban J connectivity index is 2.41. The second-order valence-electron chi connectivity index (χ2n) is 3.94. The average Bonchev–Trinajstić information content (AvgIpc) is 2.69. The molecule has 0 spiro atoms. The predicted octanol–water partition coefficient (Wildman–Crippen LogP) is 2.50. The molecule has 1 aliphatic rings. The zero-order valence-corrected chi connectivity index (χ0v) is 8.77. The molecule has 4 nitrogen and oxygen atoms in total. The van der Waals surface area contributed by atoms with Gasteiger partial charge in [-0.25, -0.2) is 0 Å². The van der Waals surface area contributed by atoms with Gasteiger partial charge in [0.1, 0.15) is 5.69 Å². The first-order valence-electron chi connectivity index (χ1n) is 5.18. The van der Waals surface area contributed by atoms with Crippen LogP contribution in [0.4, 0.5) is 11.4 Å². The smallest absolute Gasteiger partial charge is 0.292 e. The number of anilines is 1. The van der Waals surface area contributed by atoms with Crippen molar-refractivity contribution in [2.24, 2.45) is 0 Å². The summed E-state index contributed by atoms with van der Waals surface area (Å²) in [5.41, 5.74) is 2.07. The summed E-state index contributed by atoms with van der Waals surface area (Å²) in [6, 6.07) is 5.30. The maximum atomic E-state index is 10.9. The first kappa shape index (κ1) is 9.96. The molecule has 15 heavy (non-hydrogen) atoms. The molecule has 1 aromatic carbocycles. The molecule has 80 valence electrons. The van der Waals surface area contributed by atoms with Gasteiger partial charge in [-0.15, -0.1) is 0 Å². The minimum atomic E-state index is -0.299. The lowest BCUT2D eigenvalue weighted by Gasteiger charge is -2.17. The van der Waals surface area contributed by atoms with Gasteiger partial charge in [0.2, 0.25) is 0 Å². The Morgan fingerprint density at radius 1 is 1.33 bits per heavy atom. The Kier molecular flexibility index (Phi) is 2.58. The molecule has 1 aromatic rings. The van der Waals surface area contributed by atoms with Crippen molar-refractivity contribution in [2.75, 3.05) is 18.0 Å². The fourth-order valence-electron chi connectivity index (χ4n) is 2.00. The Bertz CT molecular complexity index is 384. The van der Waals surface area contributed by atoms with Crippen molar-refractivity contribution in [3.63, 3.8) is 0 Å². The predicted molar refractivity (Wildman–Crippen MR) is 59.3 cm³/mol. The third-order valence-electron chi connectivity index (χ3n) is 2.77. The topological polar surface area (TPSA) is 46.4 Å². The summed E-state index contributed by atoms with van der Waals surface area (Å²) in [6.45, 7) is 3.83. The highest BCUT2D eigenvalue weighted by Gasteiger charge is 2.21. The molecule has 1 heterocycles. The number of nitro groups is 1. The molecule has 2 rings (SSSR count). The van der Waals surface area contributed by atoms with E-state index in [9.17, 15) is 10.1 Å². The van der Waals surface area contributed by atoms with E-state index in [4.69, 9.17) is 0 Å². The monoisotopic (exact) mass is 206 g/mol. The van der Waals surface area contributed by atoms with Crippen LogP contribution in [-0.4, -0.2) is 18.0 Å². The fraction of sp³-hybridized carbons (Fsp3) is 0.455. The summed E-state index contributed by atoms with van der Waals surface area (Å²) in [6.07, 6.45) is 2.26. The van der Waals surface area contributed by atoms with Crippen molar-refractivity contribution in [1.82, 2.24) is 0 Å². The largest absolute Gasteiger partial charge is 0.366 e. The highest BCUT2D eigenvalue weighted by atomic mass is 16.6. The highest BCUT2D eigenvalue weighted by Crippen LogP contribution is 2.31. The number of nitro benzene ring substituents is 1. The van der Waals surface area contributed by atoms with Crippen molar-refractivity contribution in [3.05, 3.63) is 33.9 Å². The molecule has 4 heteroatoms. The van der Waals surface area contributed by atoms with Gasteiger partial charge in [-0.05, 0) is 31.4 Å². The summed E-state index contributed by atoms with van der Waals surface area (Å²) in [7, 11) is 0. The average molecular weight is 206 g/mol. The lowest BCUT2D eigenvalue weighted by molar-refractivity contribution is -0.384. The third-order valence-corrected chi connectivity index (χ3v) is 2.77. The van der Waals surface area contributed by atoms with E-state index >= 15 is 0 Å². The van der Waals surface area contributed by atoms with Crippen molar-refractivity contribution < 1.29 is 4.92 Å². The number of hydrogen-bond donors (Lipinski definition) is 0. The van der Waals surface area contributed by atoms with Gasteiger partial charge in [0.05, 0.1) is 4.92 Å². The summed E-state index contributed by atoms with van der Waals surface area (Å²) in [4.78, 5) is 12.7. The molecule has 0 amide bonds. The fourth-order valence-corrected chi connectivity index (χ4v) is 2.00. The van der Waals surface area contributed by atoms with Gasteiger partial charge in [0, 0.05) is 19.2 Å². The molecule has 0 saturated carbocycles. The molecule has 1 fully saturated rings. The summed E-state index contributed by atoms with van der Waals surface area (Å²) in [5.74, 6) is 0. The zero-order valence-electron chi connectivity index (χ0n) is 8.77. The zero-order chi connectivity index (χ0) is 10.8. The molecule has 0 aromatic heterocycles. The van der Waals surface area contributed by atoms with Gasteiger partial charge in [0.15, 0.2) is 0 Å². The summed E-state index contributed by atoms with van der Waals surface area (Å²) in [5, 5.41) is 10.9. The molecule has 0 N–H and O–H groups in total. The van der Waals surface area contributed by atoms with Crippen LogP contribution in [0.5, 0.6) is 0 Å². The quantitative estimate of drug-likeness (QED) is 0.551. The van der Waals surface area contributed by atoms with Gasteiger partial charge in [-0.2, -0.15) is 0 Å². The minimum Gasteiger partial charge on any atom is -0.366 e. The highest BCUT2D eigenvalue weighted by molar-refractivity contribution is 5.64. The van der Waals surface area contributed by atoms with Crippen LogP contribution in [0.15, 0.2) is 18.2 Å². The van der Waals surface area contributed by atoms with Crippen molar-refractivity contribution >= 4 is 11.4 Å². The number of benzene rings is 1. The van der Waals surface area contributed by atoms with E-state index in [-0.39, 0.29) is 10.6 Å². The molecule has 0 unspecified atom stereocenters. The Hall–Kier alpha value is -1.58. The normalized spacial score (nSPS) is 15.7. The molecule has 0 atom stereocenters. The summed E-state index contributed by atoms with van der Waals surface area (Å²) >= 11 is 0. The standard InChI is InChI=1S/C11H14N2O2/c1-9-4-5-10(13(14)15)11(8-9)12-6-2-3-7-12/h4-5,8H,2-3,6-7H2,1H3. The minimum absolute atomic E-state index is 0.225. The van der Waals surface area contributed by atoms with Crippen LogP contribution in [0.25, 0.3) is 0 Å². The van der Waals surface area contributed by atoms with Crippen LogP contribution < -0.4 is 4.90 Å². The van der Waals surface area contributed by atoms with E-state index in [1.165, 1.54) is 0 Å². The first-order valence-corrected chi connectivity index (χ1v) is 5.18. The molecule has 0 radical (unpaired) electrons. The van der Waals surface area contributed by atoms with Crippen molar-refractivity contribution in [2.45, 2.75) is 19.8 Å². The number of aryl methyl sites for hydroxylation is 1. The van der Waals surface area contributed by atoms with Crippen LogP contribution >= 0.6 is 0 Å². The SMILES string of the molecule is Cc1ccc([N+](=O)[O-])c(N2CCCC2)c1. The first-order chi connectivity index (χ1) is 7.18. The number of hydrogen-bond acceptors (Lipinski definition) is 3. The van der Waals surface area contributed by atoms with E-state index in [1.807, 2.05) is 13.0 Å². The van der Waals surface area contributed by atoms with Crippen LogP contribution in [-0.2, 0) is 0 Å². The van der Waals surface area contributed by atoms with Gasteiger partial charge in [0.25, 0.3) is 5.69 Å². The Morgan fingerprint density at radius 2 is 2.00 bits per heavy atom. The maximum absolute atomic E-state index is 10.9. The van der Waals surface area contributed by atoms with Crippen LogP contribution in [0, 0.1) is 17.0 Å². The molecular formula is C11H14N2O2. The van der Waals surface area contributed by atoms with Crippen molar-refractivity contribution in [3.8, 4) is 0 Å². The van der Waals surface area contributed by atoms with Gasteiger partial charge < -0.3 is 4.90 Å². The van der Waals surface area contributed by atoms with E-state index in [2.05, 4.69) is 4.90 Å². The van der Waals surface area contributed by atoms with Crippen LogP contribution in [0.1, 0.15) is 18.4 Å². The summed E-state index contributed by atoms with van der Waals surface area (Å²) < 4.78 is 0. The van der Waals surface area contributed by atoms with E-state index < -0.39 is 0 Å². The molecular weight excluding hydrogens is 192 g/mol. The maximum Gasteiger partial charge on any atom is 0.292 e. The van der Waals surface area contributed by atoms with E-state index in [0.29, 0.717) is 0 Å². The second-order valence-corrected chi connectivity index (χ2v) is 3.94. The van der Waals surface area contributed by atoms with Crippen LogP contribution in [0.3, 0.4) is 0 Å².